The summed E-state index contributed by atoms with van der Waals surface area (Å²) >= 11 is 0. The molecule has 0 amide bonds. The van der Waals surface area contributed by atoms with Gasteiger partial charge >= 0.3 is 0 Å². The summed E-state index contributed by atoms with van der Waals surface area (Å²) in [4.78, 5) is 15.9. The fraction of sp³-hybridized carbons (Fsp3) is 0. The Morgan fingerprint density at radius 2 is 0.845 bits per heavy atom. The van der Waals surface area contributed by atoms with E-state index in [0.717, 1.165) is 93.5 Å². The predicted octanol–water partition coefficient (Wildman–Crippen LogP) is 13.2. The molecule has 7 nitrogen and oxygen atoms in total. The van der Waals surface area contributed by atoms with Gasteiger partial charge in [0.05, 0.1) is 27.6 Å². The Kier molecular flexibility index (Phi) is 6.32. The van der Waals surface area contributed by atoms with Crippen LogP contribution in [0.3, 0.4) is 0 Å². The fourth-order valence-electron chi connectivity index (χ4n) is 9.11. The highest BCUT2D eigenvalue weighted by Gasteiger charge is 2.23. The quantitative estimate of drug-likeness (QED) is 0.179. The number of hydrogen-bond donors (Lipinski definition) is 0. The summed E-state index contributed by atoms with van der Waals surface area (Å²) in [5.41, 5.74) is 10.1. The number of fused-ring (bicyclic) bond motifs is 12. The summed E-state index contributed by atoms with van der Waals surface area (Å²) in [6.07, 6.45) is 0. The summed E-state index contributed by atoms with van der Waals surface area (Å²) in [5, 5.41) is 8.65. The highest BCUT2D eigenvalue weighted by molar-refractivity contribution is 6.14. The first kappa shape index (κ1) is 31.2. The van der Waals surface area contributed by atoms with Crippen molar-refractivity contribution in [1.29, 1.82) is 0 Å². The van der Waals surface area contributed by atoms with E-state index in [-0.39, 0.29) is 0 Å². The van der Waals surface area contributed by atoms with Crippen LogP contribution in [-0.4, -0.2) is 24.1 Å². The second kappa shape index (κ2) is 11.7. The largest absolute Gasteiger partial charge is 0.456 e. The molecule has 0 saturated carbocycles. The van der Waals surface area contributed by atoms with E-state index in [0.29, 0.717) is 17.6 Å². The number of rotatable bonds is 4. The molecule has 0 atom stereocenters. The van der Waals surface area contributed by atoms with Gasteiger partial charge in [0, 0.05) is 54.3 Å². The second-order valence-electron chi connectivity index (χ2n) is 14.8. The molecule has 0 N–H and O–H groups in total. The van der Waals surface area contributed by atoms with Crippen LogP contribution in [0.4, 0.5) is 0 Å². The summed E-state index contributed by atoms with van der Waals surface area (Å²) in [7, 11) is 0. The van der Waals surface area contributed by atoms with Crippen LogP contribution < -0.4 is 0 Å². The van der Waals surface area contributed by atoms with Crippen LogP contribution in [0.25, 0.3) is 122 Å². The molecule has 5 heterocycles. The number of nitrogens with zero attached hydrogens (tertiary/aromatic N) is 5. The molecule has 0 unspecified atom stereocenters. The molecular formula is C51H29N5O2. The molecule has 5 aromatic heterocycles. The van der Waals surface area contributed by atoms with Crippen LogP contribution in [0.1, 0.15) is 0 Å². The van der Waals surface area contributed by atoms with Gasteiger partial charge in [-0.1, -0.05) is 115 Å². The van der Waals surface area contributed by atoms with Gasteiger partial charge in [-0.05, 0) is 60.7 Å². The van der Waals surface area contributed by atoms with Crippen LogP contribution in [0.5, 0.6) is 0 Å². The molecule has 7 heteroatoms. The van der Waals surface area contributed by atoms with E-state index in [1.54, 1.807) is 0 Å². The first-order valence-corrected chi connectivity index (χ1v) is 19.4. The zero-order chi connectivity index (χ0) is 37.9. The van der Waals surface area contributed by atoms with Crippen molar-refractivity contribution in [2.75, 3.05) is 0 Å². The average molecular weight is 744 g/mol. The van der Waals surface area contributed by atoms with Gasteiger partial charge in [0.1, 0.15) is 22.3 Å². The first-order valence-electron chi connectivity index (χ1n) is 19.4. The van der Waals surface area contributed by atoms with E-state index in [1.807, 2.05) is 42.5 Å². The maximum atomic E-state index is 6.59. The molecule has 0 spiro atoms. The van der Waals surface area contributed by atoms with E-state index < -0.39 is 0 Å². The molecule has 0 aliphatic carbocycles. The maximum Gasteiger partial charge on any atom is 0.238 e. The van der Waals surface area contributed by atoms with Crippen LogP contribution in [0, 0.1) is 0 Å². The number of furan rings is 2. The topological polar surface area (TPSA) is 74.8 Å². The van der Waals surface area contributed by atoms with Gasteiger partial charge in [-0.25, -0.2) is 4.98 Å². The van der Waals surface area contributed by atoms with E-state index in [4.69, 9.17) is 23.8 Å². The lowest BCUT2D eigenvalue weighted by Crippen LogP contribution is -2.06. The van der Waals surface area contributed by atoms with E-state index >= 15 is 0 Å². The van der Waals surface area contributed by atoms with E-state index in [1.165, 1.54) is 10.8 Å². The molecule has 0 aliphatic rings. The molecule has 0 aliphatic heterocycles. The van der Waals surface area contributed by atoms with Gasteiger partial charge < -0.3 is 13.4 Å². The van der Waals surface area contributed by atoms with Crippen molar-refractivity contribution in [3.8, 4) is 34.4 Å². The highest BCUT2D eigenvalue weighted by atomic mass is 16.3. The van der Waals surface area contributed by atoms with Gasteiger partial charge in [-0.15, -0.1) is 0 Å². The van der Waals surface area contributed by atoms with Crippen molar-refractivity contribution in [3.63, 3.8) is 0 Å². The minimum atomic E-state index is 0.515. The average Bonchev–Trinajstić information content (AvgIpc) is 4.04. The third-order valence-electron chi connectivity index (χ3n) is 11.6. The van der Waals surface area contributed by atoms with Crippen LogP contribution >= 0.6 is 0 Å². The van der Waals surface area contributed by atoms with Crippen LogP contribution in [-0.2, 0) is 0 Å². The second-order valence-corrected chi connectivity index (χ2v) is 14.8. The van der Waals surface area contributed by atoms with Gasteiger partial charge in [0.2, 0.25) is 5.95 Å². The number of para-hydroxylation sites is 6. The number of benzene rings is 8. The summed E-state index contributed by atoms with van der Waals surface area (Å²) in [5.74, 6) is 1.56. The molecule has 0 bridgehead atoms. The Hall–Kier alpha value is -8.03. The Morgan fingerprint density at radius 1 is 0.345 bits per heavy atom. The molecule has 13 rings (SSSR count). The summed E-state index contributed by atoms with van der Waals surface area (Å²) in [6, 6.07) is 60.8. The van der Waals surface area contributed by atoms with Crippen molar-refractivity contribution in [2.45, 2.75) is 0 Å². The maximum absolute atomic E-state index is 6.59. The van der Waals surface area contributed by atoms with Crippen LogP contribution in [0.15, 0.2) is 185 Å². The van der Waals surface area contributed by atoms with Gasteiger partial charge in [0.15, 0.2) is 11.6 Å². The lowest BCUT2D eigenvalue weighted by molar-refractivity contribution is 0.668. The van der Waals surface area contributed by atoms with Crippen molar-refractivity contribution >= 4 is 87.5 Å². The normalized spacial score (nSPS) is 12.1. The van der Waals surface area contributed by atoms with Gasteiger partial charge in [-0.3, -0.25) is 4.57 Å². The van der Waals surface area contributed by atoms with Gasteiger partial charge in [-0.2, -0.15) is 9.97 Å². The Bertz CT molecular complexity index is 3720. The standard InChI is InChI=1S/C51H29N5O2/c1-6-21-40-31(13-1)32-14-2-7-22-41(32)55(40)30-27-28-45-39(29-30)47-37(19-12-26-46(47)57-45)49-52-50(38-20-11-18-36-35-17-5-10-25-44(35)58-48(36)38)54-51(53-49)56-42-23-8-3-15-33(42)34-16-4-9-24-43(34)56/h1-29H. The molecule has 0 saturated heterocycles. The Balaban J connectivity index is 1.11. The monoisotopic (exact) mass is 743 g/mol. The zero-order valence-corrected chi connectivity index (χ0v) is 30.8. The molecule has 0 radical (unpaired) electrons. The highest BCUT2D eigenvalue weighted by Crippen LogP contribution is 2.41. The van der Waals surface area contributed by atoms with E-state index in [2.05, 4.69) is 143 Å². The SMILES string of the molecule is c1ccc2c(c1)oc1c(-c3nc(-c4cccc5oc6ccc(-n7c8ccccc8c8ccccc87)cc6c45)nc(-n4c5ccccc5c5ccccc54)n3)cccc12. The van der Waals surface area contributed by atoms with Crippen LogP contribution in [0.2, 0.25) is 0 Å². The third-order valence-corrected chi connectivity index (χ3v) is 11.6. The predicted molar refractivity (Wildman–Crippen MR) is 234 cm³/mol. The summed E-state index contributed by atoms with van der Waals surface area (Å²) in [6.45, 7) is 0. The minimum absolute atomic E-state index is 0.515. The Labute approximate surface area is 329 Å². The van der Waals surface area contributed by atoms with Gasteiger partial charge in [0.25, 0.3) is 0 Å². The van der Waals surface area contributed by atoms with E-state index in [9.17, 15) is 0 Å². The zero-order valence-electron chi connectivity index (χ0n) is 30.8. The molecule has 270 valence electrons. The molecular weight excluding hydrogens is 715 g/mol. The van der Waals surface area contributed by atoms with Crippen molar-refractivity contribution in [1.82, 2.24) is 24.1 Å². The fourth-order valence-corrected chi connectivity index (χ4v) is 9.11. The summed E-state index contributed by atoms with van der Waals surface area (Å²) < 4.78 is 17.6. The minimum Gasteiger partial charge on any atom is -0.456 e. The number of aromatic nitrogens is 5. The smallest absolute Gasteiger partial charge is 0.238 e. The number of hydrogen-bond acceptors (Lipinski definition) is 5. The third kappa shape index (κ3) is 4.35. The Morgan fingerprint density at radius 3 is 1.52 bits per heavy atom. The molecule has 8 aromatic carbocycles. The lowest BCUT2D eigenvalue weighted by Gasteiger charge is -2.12. The lowest BCUT2D eigenvalue weighted by atomic mass is 10.0. The van der Waals surface area contributed by atoms with Crippen molar-refractivity contribution in [2.24, 2.45) is 0 Å². The van der Waals surface area contributed by atoms with Crippen molar-refractivity contribution in [3.05, 3.63) is 176 Å². The van der Waals surface area contributed by atoms with Crippen molar-refractivity contribution < 1.29 is 8.83 Å². The molecule has 0 fully saturated rings. The molecule has 58 heavy (non-hydrogen) atoms. The molecule has 13 aromatic rings. The first-order chi connectivity index (χ1) is 28.8.